The SMILES string of the molecule is CCCNCc1oc(Cn2ccnc2CC)cc1C. The molecule has 0 aromatic carbocycles. The second-order valence-corrected chi connectivity index (χ2v) is 4.82. The maximum atomic E-state index is 5.92. The molecule has 0 aliphatic heterocycles. The van der Waals surface area contributed by atoms with Crippen molar-refractivity contribution in [3.63, 3.8) is 0 Å². The molecular formula is C15H23N3O. The Balaban J connectivity index is 2.03. The van der Waals surface area contributed by atoms with Gasteiger partial charge in [-0.3, -0.25) is 0 Å². The number of hydrogen-bond donors (Lipinski definition) is 1. The average Bonchev–Trinajstić information content (AvgIpc) is 2.97. The Hall–Kier alpha value is -1.55. The third kappa shape index (κ3) is 3.47. The van der Waals surface area contributed by atoms with Gasteiger partial charge in [-0.15, -0.1) is 0 Å². The van der Waals surface area contributed by atoms with Gasteiger partial charge in [0.25, 0.3) is 0 Å². The van der Waals surface area contributed by atoms with Crippen LogP contribution in [-0.2, 0) is 19.5 Å². The largest absolute Gasteiger partial charge is 0.463 e. The number of imidazole rings is 1. The Morgan fingerprint density at radius 2 is 2.21 bits per heavy atom. The van der Waals surface area contributed by atoms with Crippen molar-refractivity contribution in [1.29, 1.82) is 0 Å². The van der Waals surface area contributed by atoms with Crippen LogP contribution in [0.2, 0.25) is 0 Å². The number of furan rings is 1. The molecule has 19 heavy (non-hydrogen) atoms. The summed E-state index contributed by atoms with van der Waals surface area (Å²) in [5.41, 5.74) is 1.22. The van der Waals surface area contributed by atoms with Gasteiger partial charge in [0.15, 0.2) is 0 Å². The van der Waals surface area contributed by atoms with E-state index in [2.05, 4.69) is 41.7 Å². The van der Waals surface area contributed by atoms with Crippen LogP contribution in [0.4, 0.5) is 0 Å². The summed E-state index contributed by atoms with van der Waals surface area (Å²) in [4.78, 5) is 4.33. The zero-order valence-corrected chi connectivity index (χ0v) is 12.1. The number of nitrogens with one attached hydrogen (secondary N) is 1. The first kappa shape index (κ1) is 13.9. The number of aromatic nitrogens is 2. The first-order valence-electron chi connectivity index (χ1n) is 7.03. The molecule has 0 fully saturated rings. The molecule has 2 heterocycles. The molecule has 2 aromatic heterocycles. The molecule has 4 nitrogen and oxygen atoms in total. The van der Waals surface area contributed by atoms with E-state index in [1.807, 2.05) is 12.4 Å². The summed E-state index contributed by atoms with van der Waals surface area (Å²) in [6.45, 7) is 8.98. The molecule has 0 saturated heterocycles. The molecule has 0 saturated carbocycles. The van der Waals surface area contributed by atoms with E-state index in [0.29, 0.717) is 0 Å². The Labute approximate surface area is 114 Å². The van der Waals surface area contributed by atoms with Gasteiger partial charge in [-0.2, -0.15) is 0 Å². The third-order valence-electron chi connectivity index (χ3n) is 3.23. The summed E-state index contributed by atoms with van der Waals surface area (Å²) in [5, 5.41) is 3.37. The lowest BCUT2D eigenvalue weighted by molar-refractivity contribution is 0.434. The first-order valence-corrected chi connectivity index (χ1v) is 7.03. The van der Waals surface area contributed by atoms with Gasteiger partial charge in [0, 0.05) is 18.8 Å². The third-order valence-corrected chi connectivity index (χ3v) is 3.23. The highest BCUT2D eigenvalue weighted by Gasteiger charge is 2.09. The number of aryl methyl sites for hydroxylation is 2. The molecule has 0 unspecified atom stereocenters. The molecule has 1 N–H and O–H groups in total. The Morgan fingerprint density at radius 1 is 1.37 bits per heavy atom. The second kappa shape index (κ2) is 6.57. The van der Waals surface area contributed by atoms with Crippen LogP contribution in [0.5, 0.6) is 0 Å². The van der Waals surface area contributed by atoms with Crippen LogP contribution >= 0.6 is 0 Å². The van der Waals surface area contributed by atoms with E-state index in [-0.39, 0.29) is 0 Å². The molecule has 2 aromatic rings. The number of nitrogens with zero attached hydrogens (tertiary/aromatic N) is 2. The lowest BCUT2D eigenvalue weighted by Crippen LogP contribution is -2.13. The molecule has 0 radical (unpaired) electrons. The van der Waals surface area contributed by atoms with E-state index in [1.54, 1.807) is 0 Å². The van der Waals surface area contributed by atoms with Crippen molar-refractivity contribution in [3.05, 3.63) is 41.4 Å². The van der Waals surface area contributed by atoms with Crippen LogP contribution in [0.15, 0.2) is 22.9 Å². The van der Waals surface area contributed by atoms with E-state index in [9.17, 15) is 0 Å². The van der Waals surface area contributed by atoms with Crippen LogP contribution in [0.3, 0.4) is 0 Å². The molecule has 0 spiro atoms. The summed E-state index contributed by atoms with van der Waals surface area (Å²) in [7, 11) is 0. The van der Waals surface area contributed by atoms with Crippen LogP contribution in [0, 0.1) is 6.92 Å². The van der Waals surface area contributed by atoms with Gasteiger partial charge < -0.3 is 14.3 Å². The molecule has 0 atom stereocenters. The van der Waals surface area contributed by atoms with Crippen molar-refractivity contribution in [3.8, 4) is 0 Å². The fourth-order valence-corrected chi connectivity index (χ4v) is 2.19. The van der Waals surface area contributed by atoms with E-state index in [0.717, 1.165) is 49.8 Å². The van der Waals surface area contributed by atoms with E-state index >= 15 is 0 Å². The molecule has 0 aliphatic rings. The minimum absolute atomic E-state index is 0.762. The van der Waals surface area contributed by atoms with Gasteiger partial charge in [-0.1, -0.05) is 13.8 Å². The van der Waals surface area contributed by atoms with E-state index < -0.39 is 0 Å². The minimum Gasteiger partial charge on any atom is -0.463 e. The molecule has 0 bridgehead atoms. The van der Waals surface area contributed by atoms with Crippen molar-refractivity contribution in [2.24, 2.45) is 0 Å². The Bertz CT molecular complexity index is 513. The maximum absolute atomic E-state index is 5.92. The summed E-state index contributed by atoms with van der Waals surface area (Å²) in [5.74, 6) is 3.14. The van der Waals surface area contributed by atoms with Gasteiger partial charge >= 0.3 is 0 Å². The van der Waals surface area contributed by atoms with Crippen molar-refractivity contribution in [2.45, 2.75) is 46.7 Å². The summed E-state index contributed by atoms with van der Waals surface area (Å²) >= 11 is 0. The molecule has 4 heteroatoms. The van der Waals surface area contributed by atoms with E-state index in [4.69, 9.17) is 4.42 Å². The monoisotopic (exact) mass is 261 g/mol. The highest BCUT2D eigenvalue weighted by atomic mass is 16.3. The number of hydrogen-bond acceptors (Lipinski definition) is 3. The maximum Gasteiger partial charge on any atom is 0.124 e. The predicted octanol–water partition coefficient (Wildman–Crippen LogP) is 2.89. The zero-order chi connectivity index (χ0) is 13.7. The van der Waals surface area contributed by atoms with Crippen LogP contribution < -0.4 is 5.32 Å². The lowest BCUT2D eigenvalue weighted by atomic mass is 10.2. The molecular weight excluding hydrogens is 238 g/mol. The van der Waals surface area contributed by atoms with Gasteiger partial charge in [0.2, 0.25) is 0 Å². The van der Waals surface area contributed by atoms with Gasteiger partial charge in [-0.25, -0.2) is 4.98 Å². The van der Waals surface area contributed by atoms with Crippen molar-refractivity contribution < 1.29 is 4.42 Å². The smallest absolute Gasteiger partial charge is 0.124 e. The standard InChI is InChI=1S/C15H23N3O/c1-4-6-16-10-14-12(3)9-13(19-14)11-18-8-7-17-15(18)5-2/h7-9,16H,4-6,10-11H2,1-3H3. The van der Waals surface area contributed by atoms with Crippen molar-refractivity contribution in [1.82, 2.24) is 14.9 Å². The molecule has 104 valence electrons. The van der Waals surface area contributed by atoms with Gasteiger partial charge in [-0.05, 0) is 31.5 Å². The van der Waals surface area contributed by atoms with Crippen LogP contribution in [0.25, 0.3) is 0 Å². The molecule has 0 amide bonds. The van der Waals surface area contributed by atoms with Crippen molar-refractivity contribution >= 4 is 0 Å². The molecule has 2 rings (SSSR count). The van der Waals surface area contributed by atoms with E-state index in [1.165, 1.54) is 5.56 Å². The molecule has 0 aliphatic carbocycles. The van der Waals surface area contributed by atoms with Crippen LogP contribution in [-0.4, -0.2) is 16.1 Å². The average molecular weight is 261 g/mol. The first-order chi connectivity index (χ1) is 9.24. The van der Waals surface area contributed by atoms with Crippen LogP contribution in [0.1, 0.15) is 43.2 Å². The second-order valence-electron chi connectivity index (χ2n) is 4.82. The summed E-state index contributed by atoms with van der Waals surface area (Å²) < 4.78 is 8.06. The fraction of sp³-hybridized carbons (Fsp3) is 0.533. The van der Waals surface area contributed by atoms with Gasteiger partial charge in [0.1, 0.15) is 17.3 Å². The Kier molecular flexibility index (Phi) is 4.80. The highest BCUT2D eigenvalue weighted by molar-refractivity contribution is 5.20. The topological polar surface area (TPSA) is 43.0 Å². The lowest BCUT2D eigenvalue weighted by Gasteiger charge is -2.04. The minimum atomic E-state index is 0.762. The zero-order valence-electron chi connectivity index (χ0n) is 12.1. The Morgan fingerprint density at radius 3 is 2.95 bits per heavy atom. The fourth-order valence-electron chi connectivity index (χ4n) is 2.19. The number of rotatable bonds is 7. The van der Waals surface area contributed by atoms with Gasteiger partial charge in [0.05, 0.1) is 13.1 Å². The highest BCUT2D eigenvalue weighted by Crippen LogP contribution is 2.16. The van der Waals surface area contributed by atoms with Crippen molar-refractivity contribution in [2.75, 3.05) is 6.54 Å². The normalized spacial score (nSPS) is 11.1. The predicted molar refractivity (Wildman–Crippen MR) is 76.1 cm³/mol. The summed E-state index contributed by atoms with van der Waals surface area (Å²) in [6, 6.07) is 2.13. The quantitative estimate of drug-likeness (QED) is 0.779. The summed E-state index contributed by atoms with van der Waals surface area (Å²) in [6.07, 6.45) is 5.93.